The Morgan fingerprint density at radius 2 is 1.89 bits per heavy atom. The highest BCUT2D eigenvalue weighted by molar-refractivity contribution is 5.45. The summed E-state index contributed by atoms with van der Waals surface area (Å²) in [6.07, 6.45) is 0. The zero-order valence-electron chi connectivity index (χ0n) is 10.9. The molecule has 0 aliphatic heterocycles. The lowest BCUT2D eigenvalue weighted by Gasteiger charge is -2.13. The van der Waals surface area contributed by atoms with Crippen molar-refractivity contribution in [3.05, 3.63) is 53.3 Å². The molecular formula is C15H16FNO2. The summed E-state index contributed by atoms with van der Waals surface area (Å²) in [7, 11) is 1.59. The van der Waals surface area contributed by atoms with Crippen LogP contribution in [0, 0.1) is 12.7 Å². The maximum Gasteiger partial charge on any atom is 0.135 e. The van der Waals surface area contributed by atoms with Gasteiger partial charge < -0.3 is 15.2 Å². The first-order valence-corrected chi connectivity index (χ1v) is 5.95. The Morgan fingerprint density at radius 3 is 2.53 bits per heavy atom. The van der Waals surface area contributed by atoms with Crippen molar-refractivity contribution >= 4 is 0 Å². The van der Waals surface area contributed by atoms with Crippen molar-refractivity contribution in [2.75, 3.05) is 7.11 Å². The van der Waals surface area contributed by atoms with Crippen LogP contribution in [0.15, 0.2) is 36.4 Å². The Labute approximate surface area is 111 Å². The summed E-state index contributed by atoms with van der Waals surface area (Å²) in [5, 5.41) is 0. The first-order chi connectivity index (χ1) is 9.13. The number of nitrogens with two attached hydrogens (primary N) is 1. The third-order valence-corrected chi connectivity index (χ3v) is 2.85. The topological polar surface area (TPSA) is 44.5 Å². The van der Waals surface area contributed by atoms with Crippen LogP contribution in [0.25, 0.3) is 0 Å². The first-order valence-electron chi connectivity index (χ1n) is 5.95. The van der Waals surface area contributed by atoms with Gasteiger partial charge in [-0.3, -0.25) is 0 Å². The van der Waals surface area contributed by atoms with Gasteiger partial charge in [0.2, 0.25) is 0 Å². The smallest absolute Gasteiger partial charge is 0.135 e. The van der Waals surface area contributed by atoms with Gasteiger partial charge >= 0.3 is 0 Å². The fourth-order valence-corrected chi connectivity index (χ4v) is 1.77. The van der Waals surface area contributed by atoms with Crippen molar-refractivity contribution in [2.45, 2.75) is 13.5 Å². The maximum atomic E-state index is 13.1. The molecule has 0 radical (unpaired) electrons. The zero-order chi connectivity index (χ0) is 13.8. The van der Waals surface area contributed by atoms with Crippen molar-refractivity contribution in [3.63, 3.8) is 0 Å². The van der Waals surface area contributed by atoms with Crippen molar-refractivity contribution < 1.29 is 13.9 Å². The zero-order valence-corrected chi connectivity index (χ0v) is 10.9. The van der Waals surface area contributed by atoms with E-state index in [0.29, 0.717) is 23.8 Å². The molecule has 0 fully saturated rings. The second-order valence-electron chi connectivity index (χ2n) is 4.19. The summed E-state index contributed by atoms with van der Waals surface area (Å²) in [5.74, 6) is 1.63. The van der Waals surface area contributed by atoms with Gasteiger partial charge in [0.05, 0.1) is 7.11 Å². The lowest BCUT2D eigenvalue weighted by molar-refractivity contribution is 0.407. The highest BCUT2D eigenvalue weighted by atomic mass is 19.1. The van der Waals surface area contributed by atoms with E-state index in [1.54, 1.807) is 26.2 Å². The molecule has 3 nitrogen and oxygen atoms in total. The van der Waals surface area contributed by atoms with E-state index in [9.17, 15) is 4.39 Å². The second kappa shape index (κ2) is 5.71. The fraction of sp³-hybridized carbons (Fsp3) is 0.200. The second-order valence-corrected chi connectivity index (χ2v) is 4.19. The molecule has 0 bridgehead atoms. The summed E-state index contributed by atoms with van der Waals surface area (Å²) in [4.78, 5) is 0. The van der Waals surface area contributed by atoms with Gasteiger partial charge in [-0.25, -0.2) is 4.39 Å². The number of rotatable bonds is 4. The SMILES string of the molecule is COc1ccc(CN)c(Oc2ccc(F)cc2C)c1. The van der Waals surface area contributed by atoms with E-state index in [4.69, 9.17) is 15.2 Å². The standard InChI is InChI=1S/C15H16FNO2/c1-10-7-12(16)4-6-14(10)19-15-8-13(18-2)5-3-11(15)9-17/h3-8H,9,17H2,1-2H3. The molecule has 0 unspecified atom stereocenters. The molecule has 2 N–H and O–H groups in total. The maximum absolute atomic E-state index is 13.1. The molecule has 4 heteroatoms. The van der Waals surface area contributed by atoms with Crippen LogP contribution in [0.3, 0.4) is 0 Å². The van der Waals surface area contributed by atoms with E-state index in [-0.39, 0.29) is 5.82 Å². The molecule has 0 saturated heterocycles. The largest absolute Gasteiger partial charge is 0.497 e. The highest BCUT2D eigenvalue weighted by Gasteiger charge is 2.08. The molecule has 2 rings (SSSR count). The lowest BCUT2D eigenvalue weighted by atomic mass is 10.2. The molecule has 2 aromatic carbocycles. The van der Waals surface area contributed by atoms with E-state index in [1.165, 1.54) is 12.1 Å². The van der Waals surface area contributed by atoms with Gasteiger partial charge in [0, 0.05) is 18.2 Å². The number of aryl methyl sites for hydroxylation is 1. The van der Waals surface area contributed by atoms with Crippen molar-refractivity contribution in [1.82, 2.24) is 0 Å². The van der Waals surface area contributed by atoms with Gasteiger partial charge in [-0.1, -0.05) is 6.07 Å². The third-order valence-electron chi connectivity index (χ3n) is 2.85. The van der Waals surface area contributed by atoms with E-state index in [1.807, 2.05) is 12.1 Å². The fourth-order valence-electron chi connectivity index (χ4n) is 1.77. The quantitative estimate of drug-likeness (QED) is 0.917. The van der Waals surface area contributed by atoms with Crippen LogP contribution >= 0.6 is 0 Å². The van der Waals surface area contributed by atoms with Gasteiger partial charge in [0.25, 0.3) is 0 Å². The van der Waals surface area contributed by atoms with E-state index in [2.05, 4.69) is 0 Å². The van der Waals surface area contributed by atoms with Crippen molar-refractivity contribution in [3.8, 4) is 17.2 Å². The van der Waals surface area contributed by atoms with Crippen molar-refractivity contribution in [1.29, 1.82) is 0 Å². The van der Waals surface area contributed by atoms with Gasteiger partial charge in [-0.15, -0.1) is 0 Å². The van der Waals surface area contributed by atoms with Crippen LogP contribution < -0.4 is 15.2 Å². The van der Waals surface area contributed by atoms with E-state index >= 15 is 0 Å². The van der Waals surface area contributed by atoms with Crippen LogP contribution in [0.4, 0.5) is 4.39 Å². The first kappa shape index (κ1) is 13.4. The number of methoxy groups -OCH3 is 1. The van der Waals surface area contributed by atoms with Gasteiger partial charge in [0.15, 0.2) is 0 Å². The van der Waals surface area contributed by atoms with Gasteiger partial charge in [-0.05, 0) is 36.8 Å². The summed E-state index contributed by atoms with van der Waals surface area (Å²) < 4.78 is 24.0. The van der Waals surface area contributed by atoms with Crippen LogP contribution in [0.1, 0.15) is 11.1 Å². The number of ether oxygens (including phenoxy) is 2. The van der Waals surface area contributed by atoms with Crippen molar-refractivity contribution in [2.24, 2.45) is 5.73 Å². The summed E-state index contributed by atoms with van der Waals surface area (Å²) in [6, 6.07) is 9.84. The van der Waals surface area contributed by atoms with E-state index < -0.39 is 0 Å². The van der Waals surface area contributed by atoms with Crippen LogP contribution in [0.5, 0.6) is 17.2 Å². The Kier molecular flexibility index (Phi) is 4.02. The molecule has 19 heavy (non-hydrogen) atoms. The molecule has 0 aliphatic rings. The molecule has 0 aromatic heterocycles. The third kappa shape index (κ3) is 3.03. The van der Waals surface area contributed by atoms with Crippen LogP contribution in [-0.4, -0.2) is 7.11 Å². The molecular weight excluding hydrogens is 245 g/mol. The van der Waals surface area contributed by atoms with Crippen LogP contribution in [-0.2, 0) is 6.54 Å². The van der Waals surface area contributed by atoms with E-state index in [0.717, 1.165) is 11.1 Å². The average molecular weight is 261 g/mol. The summed E-state index contributed by atoms with van der Waals surface area (Å²) in [6.45, 7) is 2.15. The Morgan fingerprint density at radius 1 is 1.11 bits per heavy atom. The number of benzene rings is 2. The molecule has 2 aromatic rings. The molecule has 0 heterocycles. The summed E-state index contributed by atoms with van der Waals surface area (Å²) >= 11 is 0. The molecule has 100 valence electrons. The molecule has 0 atom stereocenters. The Bertz CT molecular complexity index is 584. The predicted molar refractivity (Wildman–Crippen MR) is 72.1 cm³/mol. The average Bonchev–Trinajstić information content (AvgIpc) is 2.41. The van der Waals surface area contributed by atoms with Crippen LogP contribution in [0.2, 0.25) is 0 Å². The number of hydrogen-bond donors (Lipinski definition) is 1. The molecule has 0 amide bonds. The molecule has 0 aliphatic carbocycles. The normalized spacial score (nSPS) is 10.3. The minimum atomic E-state index is -0.283. The van der Waals surface area contributed by atoms with Gasteiger partial charge in [0.1, 0.15) is 23.1 Å². The summed E-state index contributed by atoms with van der Waals surface area (Å²) in [5.41, 5.74) is 7.27. The number of halogens is 1. The number of hydrogen-bond acceptors (Lipinski definition) is 3. The molecule has 0 spiro atoms. The minimum Gasteiger partial charge on any atom is -0.497 e. The highest BCUT2D eigenvalue weighted by Crippen LogP contribution is 2.31. The lowest BCUT2D eigenvalue weighted by Crippen LogP contribution is -2.00. The van der Waals surface area contributed by atoms with Gasteiger partial charge in [-0.2, -0.15) is 0 Å². The minimum absolute atomic E-state index is 0.283. The Balaban J connectivity index is 2.36. The Hall–Kier alpha value is -2.07. The molecule has 0 saturated carbocycles. The predicted octanol–water partition coefficient (Wildman–Crippen LogP) is 3.39. The monoisotopic (exact) mass is 261 g/mol.